The second-order valence-corrected chi connectivity index (χ2v) is 7.65. The Kier molecular flexibility index (Phi) is 4.95. The molecule has 1 aliphatic rings. The van der Waals surface area contributed by atoms with E-state index in [4.69, 9.17) is 4.98 Å². The second kappa shape index (κ2) is 6.95. The van der Waals surface area contributed by atoms with Crippen LogP contribution in [0.15, 0.2) is 24.3 Å². The zero-order valence-electron chi connectivity index (χ0n) is 14.2. The number of likely N-dealkylation sites (tertiary alicyclic amines) is 1. The van der Waals surface area contributed by atoms with E-state index in [1.807, 2.05) is 23.1 Å². The van der Waals surface area contributed by atoms with Crippen LogP contribution in [0.5, 0.6) is 0 Å². The summed E-state index contributed by atoms with van der Waals surface area (Å²) in [6, 6.07) is 8.09. The van der Waals surface area contributed by atoms with Crippen molar-refractivity contribution in [3.05, 3.63) is 30.1 Å². The molecule has 1 aromatic carbocycles. The summed E-state index contributed by atoms with van der Waals surface area (Å²) < 4.78 is 2.10. The Morgan fingerprint density at radius 3 is 2.65 bits per heavy atom. The quantitative estimate of drug-likeness (QED) is 0.862. The number of benzene rings is 1. The van der Waals surface area contributed by atoms with E-state index in [1.54, 1.807) is 11.8 Å². The fraction of sp³-hybridized carbons (Fsp3) is 0.556. The van der Waals surface area contributed by atoms with Crippen molar-refractivity contribution in [2.24, 2.45) is 11.8 Å². The van der Waals surface area contributed by atoms with Gasteiger partial charge in [0, 0.05) is 13.1 Å². The molecule has 1 saturated heterocycles. The number of aromatic nitrogens is 2. The van der Waals surface area contributed by atoms with Gasteiger partial charge in [-0.05, 0) is 36.6 Å². The second-order valence-electron chi connectivity index (χ2n) is 6.78. The van der Waals surface area contributed by atoms with Crippen molar-refractivity contribution in [3.8, 4) is 0 Å². The maximum atomic E-state index is 12.8. The molecule has 124 valence electrons. The van der Waals surface area contributed by atoms with Crippen molar-refractivity contribution in [3.63, 3.8) is 0 Å². The van der Waals surface area contributed by atoms with Crippen molar-refractivity contribution in [1.82, 2.24) is 14.5 Å². The molecule has 23 heavy (non-hydrogen) atoms. The average molecular weight is 331 g/mol. The lowest BCUT2D eigenvalue weighted by Gasteiger charge is -2.35. The molecule has 0 aliphatic carbocycles. The molecule has 5 heteroatoms. The first-order chi connectivity index (χ1) is 11.1. The first kappa shape index (κ1) is 16.4. The molecule has 0 N–H and O–H groups in total. The van der Waals surface area contributed by atoms with Crippen molar-refractivity contribution >= 4 is 28.7 Å². The molecule has 0 spiro atoms. The van der Waals surface area contributed by atoms with Gasteiger partial charge in [0.2, 0.25) is 5.91 Å². The van der Waals surface area contributed by atoms with E-state index in [2.05, 4.69) is 30.7 Å². The Labute approximate surface area is 142 Å². The number of amides is 1. The molecule has 2 heterocycles. The summed E-state index contributed by atoms with van der Waals surface area (Å²) in [4.78, 5) is 19.6. The summed E-state index contributed by atoms with van der Waals surface area (Å²) >= 11 is 1.74. The SMILES string of the molecule is CSCc1nc2ccccc2n1CC(=O)N1CC(C)CC(C)C1. The van der Waals surface area contributed by atoms with Crippen molar-refractivity contribution in [2.75, 3.05) is 19.3 Å². The number of piperidine rings is 1. The molecule has 2 atom stereocenters. The van der Waals surface area contributed by atoms with Gasteiger partial charge in [0.15, 0.2) is 0 Å². The monoisotopic (exact) mass is 331 g/mol. The highest BCUT2D eigenvalue weighted by molar-refractivity contribution is 7.97. The Bertz CT molecular complexity index is 687. The Morgan fingerprint density at radius 2 is 1.96 bits per heavy atom. The summed E-state index contributed by atoms with van der Waals surface area (Å²) in [6.07, 6.45) is 3.29. The summed E-state index contributed by atoms with van der Waals surface area (Å²) in [5.74, 6) is 3.22. The van der Waals surface area contributed by atoms with E-state index in [0.29, 0.717) is 18.4 Å². The first-order valence-electron chi connectivity index (χ1n) is 8.29. The van der Waals surface area contributed by atoms with Gasteiger partial charge in [-0.3, -0.25) is 4.79 Å². The molecule has 3 rings (SSSR count). The van der Waals surface area contributed by atoms with Crippen molar-refractivity contribution in [1.29, 1.82) is 0 Å². The molecule has 0 radical (unpaired) electrons. The fourth-order valence-electron chi connectivity index (χ4n) is 3.64. The lowest BCUT2D eigenvalue weighted by atomic mass is 9.92. The van der Waals surface area contributed by atoms with E-state index in [-0.39, 0.29) is 5.91 Å². The van der Waals surface area contributed by atoms with Crippen LogP contribution in [0, 0.1) is 11.8 Å². The number of imidazole rings is 1. The summed E-state index contributed by atoms with van der Waals surface area (Å²) in [7, 11) is 0. The minimum absolute atomic E-state index is 0.217. The van der Waals surface area contributed by atoms with Gasteiger partial charge in [0.05, 0.1) is 16.8 Å². The summed E-state index contributed by atoms with van der Waals surface area (Å²) in [5.41, 5.74) is 2.03. The van der Waals surface area contributed by atoms with Crippen LogP contribution in [0.3, 0.4) is 0 Å². The predicted molar refractivity (Wildman–Crippen MR) is 96.5 cm³/mol. The molecule has 0 saturated carbocycles. The maximum absolute atomic E-state index is 12.8. The normalized spacial score (nSPS) is 21.8. The number of carbonyl (C=O) groups excluding carboxylic acids is 1. The van der Waals surface area contributed by atoms with Crippen LogP contribution in [0.25, 0.3) is 11.0 Å². The number of carbonyl (C=O) groups is 1. The average Bonchev–Trinajstić information content (AvgIpc) is 2.84. The highest BCUT2D eigenvalue weighted by Gasteiger charge is 2.26. The van der Waals surface area contributed by atoms with Crippen LogP contribution in [0.1, 0.15) is 26.1 Å². The number of thioether (sulfide) groups is 1. The zero-order valence-corrected chi connectivity index (χ0v) is 15.0. The Hall–Kier alpha value is -1.49. The highest BCUT2D eigenvalue weighted by atomic mass is 32.2. The van der Waals surface area contributed by atoms with Crippen LogP contribution < -0.4 is 0 Å². The minimum atomic E-state index is 0.217. The Balaban J connectivity index is 1.85. The van der Waals surface area contributed by atoms with E-state index >= 15 is 0 Å². The topological polar surface area (TPSA) is 38.1 Å². The summed E-state index contributed by atoms with van der Waals surface area (Å²) in [5, 5.41) is 0. The van der Waals surface area contributed by atoms with Crippen LogP contribution >= 0.6 is 11.8 Å². The molecular formula is C18H25N3OS. The first-order valence-corrected chi connectivity index (χ1v) is 9.68. The lowest BCUT2D eigenvalue weighted by Crippen LogP contribution is -2.44. The smallest absolute Gasteiger partial charge is 0.242 e. The molecule has 1 aliphatic heterocycles. The van der Waals surface area contributed by atoms with E-state index < -0.39 is 0 Å². The molecular weight excluding hydrogens is 306 g/mol. The third-order valence-corrected chi connectivity index (χ3v) is 5.07. The van der Waals surface area contributed by atoms with Gasteiger partial charge in [-0.2, -0.15) is 11.8 Å². The fourth-order valence-corrected chi connectivity index (χ4v) is 4.12. The molecule has 1 amide bonds. The lowest BCUT2D eigenvalue weighted by molar-refractivity contribution is -0.134. The third-order valence-electron chi connectivity index (χ3n) is 4.52. The molecule has 1 aromatic heterocycles. The number of nitrogens with zero attached hydrogens (tertiary/aromatic N) is 3. The molecule has 2 aromatic rings. The largest absolute Gasteiger partial charge is 0.341 e. The van der Waals surface area contributed by atoms with Crippen LogP contribution in [0.2, 0.25) is 0 Å². The van der Waals surface area contributed by atoms with E-state index in [1.165, 1.54) is 6.42 Å². The predicted octanol–water partition coefficient (Wildman–Crippen LogP) is 3.40. The van der Waals surface area contributed by atoms with Gasteiger partial charge in [-0.25, -0.2) is 4.98 Å². The number of hydrogen-bond acceptors (Lipinski definition) is 3. The highest BCUT2D eigenvalue weighted by Crippen LogP contribution is 2.23. The molecule has 2 unspecified atom stereocenters. The van der Waals surface area contributed by atoms with Crippen LogP contribution in [-0.4, -0.2) is 39.7 Å². The van der Waals surface area contributed by atoms with Gasteiger partial charge >= 0.3 is 0 Å². The van der Waals surface area contributed by atoms with Gasteiger partial charge in [-0.15, -0.1) is 0 Å². The van der Waals surface area contributed by atoms with Crippen molar-refractivity contribution in [2.45, 2.75) is 32.6 Å². The van der Waals surface area contributed by atoms with Crippen LogP contribution in [0.4, 0.5) is 0 Å². The van der Waals surface area contributed by atoms with Crippen molar-refractivity contribution < 1.29 is 4.79 Å². The van der Waals surface area contributed by atoms with Gasteiger partial charge < -0.3 is 9.47 Å². The van der Waals surface area contributed by atoms with E-state index in [9.17, 15) is 4.79 Å². The number of hydrogen-bond donors (Lipinski definition) is 0. The van der Waals surface area contributed by atoms with Crippen LogP contribution in [-0.2, 0) is 17.1 Å². The Morgan fingerprint density at radius 1 is 1.26 bits per heavy atom. The zero-order chi connectivity index (χ0) is 16.4. The number of rotatable bonds is 4. The molecule has 1 fully saturated rings. The van der Waals surface area contributed by atoms with Gasteiger partial charge in [0.25, 0.3) is 0 Å². The molecule has 0 bridgehead atoms. The number of fused-ring (bicyclic) bond motifs is 1. The third kappa shape index (κ3) is 3.55. The summed E-state index contributed by atoms with van der Waals surface area (Å²) in [6.45, 7) is 6.64. The maximum Gasteiger partial charge on any atom is 0.242 e. The molecule has 4 nitrogen and oxygen atoms in total. The van der Waals surface area contributed by atoms with E-state index in [0.717, 1.165) is 35.7 Å². The van der Waals surface area contributed by atoms with Gasteiger partial charge in [0.1, 0.15) is 12.4 Å². The number of para-hydroxylation sites is 2. The van der Waals surface area contributed by atoms with Gasteiger partial charge in [-0.1, -0.05) is 26.0 Å². The minimum Gasteiger partial charge on any atom is -0.341 e. The standard InChI is InChI=1S/C18H25N3OS/c1-13-8-14(2)10-20(9-13)18(22)11-21-16-7-5-4-6-15(16)19-17(21)12-23-3/h4-7,13-14H,8-12H2,1-3H3.